The van der Waals surface area contributed by atoms with Crippen LogP contribution in [0.15, 0.2) is 16.5 Å². The van der Waals surface area contributed by atoms with E-state index < -0.39 is 5.60 Å². The van der Waals surface area contributed by atoms with Crippen molar-refractivity contribution in [1.82, 2.24) is 5.32 Å². The molecule has 1 aromatic rings. The van der Waals surface area contributed by atoms with Crippen LogP contribution in [0.25, 0.3) is 0 Å². The lowest BCUT2D eigenvalue weighted by Gasteiger charge is -2.36. The standard InChI is InChI=1S/C15H25NO2/c1-11-5-4-8-15(17,9-11)10-16-13(3)14-7-6-12(2)18-14/h6-7,11,13,16-17H,4-5,8-10H2,1-3H3. The average Bonchev–Trinajstić information content (AvgIpc) is 2.73. The molecule has 3 heteroatoms. The number of hydrogen-bond donors (Lipinski definition) is 2. The maximum atomic E-state index is 10.5. The van der Waals surface area contributed by atoms with Gasteiger partial charge in [-0.2, -0.15) is 0 Å². The molecule has 1 saturated carbocycles. The highest BCUT2D eigenvalue weighted by Gasteiger charge is 2.32. The number of aryl methyl sites for hydroxylation is 1. The van der Waals surface area contributed by atoms with Crippen molar-refractivity contribution >= 4 is 0 Å². The summed E-state index contributed by atoms with van der Waals surface area (Å²) in [7, 11) is 0. The van der Waals surface area contributed by atoms with Crippen LogP contribution in [0.1, 0.15) is 57.1 Å². The summed E-state index contributed by atoms with van der Waals surface area (Å²) >= 11 is 0. The summed E-state index contributed by atoms with van der Waals surface area (Å²) in [6.45, 7) is 6.90. The molecule has 1 heterocycles. The predicted octanol–water partition coefficient (Wildman–Crippen LogP) is 3.18. The lowest BCUT2D eigenvalue weighted by atomic mass is 9.79. The zero-order chi connectivity index (χ0) is 13.2. The van der Waals surface area contributed by atoms with E-state index in [-0.39, 0.29) is 6.04 Å². The minimum absolute atomic E-state index is 0.153. The molecule has 0 amide bonds. The fraction of sp³-hybridized carbons (Fsp3) is 0.733. The molecule has 0 saturated heterocycles. The zero-order valence-electron chi connectivity index (χ0n) is 11.7. The number of furan rings is 1. The van der Waals surface area contributed by atoms with Crippen molar-refractivity contribution in [2.24, 2.45) is 5.92 Å². The molecule has 1 aliphatic carbocycles. The van der Waals surface area contributed by atoms with Gasteiger partial charge >= 0.3 is 0 Å². The van der Waals surface area contributed by atoms with Crippen LogP contribution in [-0.2, 0) is 0 Å². The fourth-order valence-electron chi connectivity index (χ4n) is 2.92. The van der Waals surface area contributed by atoms with E-state index in [2.05, 4.69) is 19.2 Å². The Labute approximate surface area is 110 Å². The molecule has 3 unspecified atom stereocenters. The molecule has 2 N–H and O–H groups in total. The molecule has 102 valence electrons. The molecule has 1 aliphatic rings. The minimum Gasteiger partial charge on any atom is -0.465 e. The molecule has 0 bridgehead atoms. The monoisotopic (exact) mass is 251 g/mol. The molecule has 0 aromatic carbocycles. The Kier molecular flexibility index (Phi) is 4.13. The summed E-state index contributed by atoms with van der Waals surface area (Å²) in [6, 6.07) is 4.13. The minimum atomic E-state index is -0.534. The van der Waals surface area contributed by atoms with Crippen LogP contribution >= 0.6 is 0 Å². The first kappa shape index (κ1) is 13.6. The largest absolute Gasteiger partial charge is 0.465 e. The van der Waals surface area contributed by atoms with Crippen LogP contribution in [0.3, 0.4) is 0 Å². The van der Waals surface area contributed by atoms with Crippen molar-refractivity contribution in [3.63, 3.8) is 0 Å². The third-order valence-electron chi connectivity index (χ3n) is 3.99. The van der Waals surface area contributed by atoms with Gasteiger partial charge in [-0.05, 0) is 44.7 Å². The smallest absolute Gasteiger partial charge is 0.120 e. The SMILES string of the molecule is Cc1ccc(C(C)NCC2(O)CCCC(C)C2)o1. The number of aliphatic hydroxyl groups is 1. The molecular formula is C15H25NO2. The number of rotatable bonds is 4. The van der Waals surface area contributed by atoms with Crippen LogP contribution in [0, 0.1) is 12.8 Å². The van der Waals surface area contributed by atoms with Crippen molar-refractivity contribution < 1.29 is 9.52 Å². The molecule has 3 nitrogen and oxygen atoms in total. The van der Waals surface area contributed by atoms with E-state index in [9.17, 15) is 5.11 Å². The van der Waals surface area contributed by atoms with Crippen molar-refractivity contribution in [2.45, 2.75) is 58.1 Å². The molecule has 1 aromatic heterocycles. The molecule has 0 aliphatic heterocycles. The third kappa shape index (κ3) is 3.36. The maximum absolute atomic E-state index is 10.5. The summed E-state index contributed by atoms with van der Waals surface area (Å²) in [5, 5.41) is 13.9. The Hall–Kier alpha value is -0.800. The lowest BCUT2D eigenvalue weighted by molar-refractivity contribution is -0.0138. The quantitative estimate of drug-likeness (QED) is 0.864. The van der Waals surface area contributed by atoms with Crippen molar-refractivity contribution in [1.29, 1.82) is 0 Å². The van der Waals surface area contributed by atoms with Gasteiger partial charge in [0.2, 0.25) is 0 Å². The molecule has 3 atom stereocenters. The van der Waals surface area contributed by atoms with E-state index in [1.807, 2.05) is 19.1 Å². The van der Waals surface area contributed by atoms with Crippen LogP contribution in [0.5, 0.6) is 0 Å². The zero-order valence-corrected chi connectivity index (χ0v) is 11.7. The highest BCUT2D eigenvalue weighted by Crippen LogP contribution is 2.32. The Morgan fingerprint density at radius 2 is 2.33 bits per heavy atom. The normalized spacial score (nSPS) is 30.3. The van der Waals surface area contributed by atoms with E-state index in [4.69, 9.17) is 4.42 Å². The predicted molar refractivity (Wildman–Crippen MR) is 72.4 cm³/mol. The first-order chi connectivity index (χ1) is 8.48. The van der Waals surface area contributed by atoms with Crippen LogP contribution in [0.4, 0.5) is 0 Å². The van der Waals surface area contributed by atoms with E-state index in [0.29, 0.717) is 12.5 Å². The van der Waals surface area contributed by atoms with Gasteiger partial charge < -0.3 is 14.8 Å². The second kappa shape index (κ2) is 5.45. The molecule has 18 heavy (non-hydrogen) atoms. The van der Waals surface area contributed by atoms with Gasteiger partial charge in [0.15, 0.2) is 0 Å². The van der Waals surface area contributed by atoms with E-state index in [1.54, 1.807) is 0 Å². The van der Waals surface area contributed by atoms with Crippen LogP contribution in [0.2, 0.25) is 0 Å². The Morgan fingerprint density at radius 3 is 2.94 bits per heavy atom. The molecular weight excluding hydrogens is 226 g/mol. The summed E-state index contributed by atoms with van der Waals surface area (Å²) in [4.78, 5) is 0. The second-order valence-corrected chi connectivity index (χ2v) is 5.98. The Morgan fingerprint density at radius 1 is 1.56 bits per heavy atom. The molecule has 1 fully saturated rings. The van der Waals surface area contributed by atoms with Gasteiger partial charge in [-0.15, -0.1) is 0 Å². The Balaban J connectivity index is 1.87. The van der Waals surface area contributed by atoms with Gasteiger partial charge in [-0.1, -0.05) is 19.8 Å². The van der Waals surface area contributed by atoms with E-state index in [0.717, 1.165) is 30.8 Å². The van der Waals surface area contributed by atoms with E-state index >= 15 is 0 Å². The first-order valence-electron chi connectivity index (χ1n) is 7.01. The highest BCUT2D eigenvalue weighted by molar-refractivity contribution is 5.09. The topological polar surface area (TPSA) is 45.4 Å². The van der Waals surface area contributed by atoms with Crippen LogP contribution in [-0.4, -0.2) is 17.3 Å². The van der Waals surface area contributed by atoms with Gasteiger partial charge in [0.05, 0.1) is 11.6 Å². The molecule has 0 spiro atoms. The average molecular weight is 251 g/mol. The van der Waals surface area contributed by atoms with Crippen molar-refractivity contribution in [2.75, 3.05) is 6.54 Å². The fourth-order valence-corrected chi connectivity index (χ4v) is 2.92. The van der Waals surface area contributed by atoms with Gasteiger partial charge in [0.25, 0.3) is 0 Å². The van der Waals surface area contributed by atoms with Gasteiger partial charge in [-0.3, -0.25) is 0 Å². The van der Waals surface area contributed by atoms with E-state index in [1.165, 1.54) is 6.42 Å². The highest BCUT2D eigenvalue weighted by atomic mass is 16.3. The van der Waals surface area contributed by atoms with Gasteiger partial charge in [0, 0.05) is 6.54 Å². The number of hydrogen-bond acceptors (Lipinski definition) is 3. The number of nitrogens with one attached hydrogen (secondary N) is 1. The van der Waals surface area contributed by atoms with Crippen molar-refractivity contribution in [3.8, 4) is 0 Å². The van der Waals surface area contributed by atoms with Gasteiger partial charge in [-0.25, -0.2) is 0 Å². The summed E-state index contributed by atoms with van der Waals surface area (Å²) < 4.78 is 5.60. The van der Waals surface area contributed by atoms with Gasteiger partial charge in [0.1, 0.15) is 11.5 Å². The maximum Gasteiger partial charge on any atom is 0.120 e. The summed E-state index contributed by atoms with van der Waals surface area (Å²) in [5.74, 6) is 2.51. The summed E-state index contributed by atoms with van der Waals surface area (Å²) in [6.07, 6.45) is 4.20. The molecule has 2 rings (SSSR count). The lowest BCUT2D eigenvalue weighted by Crippen LogP contribution is -2.44. The molecule has 0 radical (unpaired) electrons. The van der Waals surface area contributed by atoms with Crippen LogP contribution < -0.4 is 5.32 Å². The van der Waals surface area contributed by atoms with Crippen molar-refractivity contribution in [3.05, 3.63) is 23.7 Å². The second-order valence-electron chi connectivity index (χ2n) is 5.98. The Bertz CT molecular complexity index is 388. The third-order valence-corrected chi connectivity index (χ3v) is 3.99. The summed E-state index contributed by atoms with van der Waals surface area (Å²) in [5.41, 5.74) is -0.534. The first-order valence-corrected chi connectivity index (χ1v) is 7.01.